The standard InChI is InChI=1S/C8H18Si/c1-5-7-9(3,4)8-6-2/h5H,1,6-8H2,2-4H3. The fourth-order valence-electron chi connectivity index (χ4n) is 1.17. The molecule has 0 unspecified atom stereocenters. The highest BCUT2D eigenvalue weighted by atomic mass is 28.3. The monoisotopic (exact) mass is 142 g/mol. The quantitative estimate of drug-likeness (QED) is 0.417. The third kappa shape index (κ3) is 4.46. The Morgan fingerprint density at radius 3 is 2.33 bits per heavy atom. The largest absolute Gasteiger partial charge is 0.103 e. The van der Waals surface area contributed by atoms with Crippen molar-refractivity contribution in [1.29, 1.82) is 0 Å². The van der Waals surface area contributed by atoms with E-state index in [0.717, 1.165) is 0 Å². The third-order valence-electron chi connectivity index (χ3n) is 1.62. The number of rotatable bonds is 4. The van der Waals surface area contributed by atoms with Crippen molar-refractivity contribution in [2.24, 2.45) is 0 Å². The molecule has 54 valence electrons. The summed E-state index contributed by atoms with van der Waals surface area (Å²) in [6.07, 6.45) is 3.41. The van der Waals surface area contributed by atoms with E-state index in [1.807, 2.05) is 0 Å². The molecule has 0 saturated heterocycles. The van der Waals surface area contributed by atoms with Gasteiger partial charge < -0.3 is 0 Å². The topological polar surface area (TPSA) is 0 Å². The van der Waals surface area contributed by atoms with E-state index in [9.17, 15) is 0 Å². The molecule has 9 heavy (non-hydrogen) atoms. The van der Waals surface area contributed by atoms with Crippen LogP contribution in [0.5, 0.6) is 0 Å². The van der Waals surface area contributed by atoms with Crippen LogP contribution in [0.3, 0.4) is 0 Å². The molecule has 0 amide bonds. The normalized spacial score (nSPS) is 11.4. The van der Waals surface area contributed by atoms with Crippen LogP contribution >= 0.6 is 0 Å². The summed E-state index contributed by atoms with van der Waals surface area (Å²) in [6.45, 7) is 10.9. The minimum atomic E-state index is -0.821. The van der Waals surface area contributed by atoms with Gasteiger partial charge in [-0.1, -0.05) is 38.6 Å². The van der Waals surface area contributed by atoms with Crippen molar-refractivity contribution in [1.82, 2.24) is 0 Å². The molecule has 0 N–H and O–H groups in total. The van der Waals surface area contributed by atoms with Gasteiger partial charge in [-0.3, -0.25) is 0 Å². The molecule has 0 fully saturated rings. The zero-order valence-corrected chi connectivity index (χ0v) is 7.91. The summed E-state index contributed by atoms with van der Waals surface area (Å²) in [6, 6.07) is 2.72. The molecule has 0 atom stereocenters. The van der Waals surface area contributed by atoms with Crippen molar-refractivity contribution < 1.29 is 0 Å². The first-order valence-electron chi connectivity index (χ1n) is 3.73. The predicted octanol–water partition coefficient (Wildman–Crippen LogP) is 3.29. The smallest absolute Gasteiger partial charge is 0.0511 e. The molecule has 0 bridgehead atoms. The van der Waals surface area contributed by atoms with E-state index in [1.165, 1.54) is 18.5 Å². The zero-order chi connectivity index (χ0) is 7.33. The Balaban J connectivity index is 3.55. The van der Waals surface area contributed by atoms with E-state index in [1.54, 1.807) is 0 Å². The van der Waals surface area contributed by atoms with Crippen molar-refractivity contribution in [2.45, 2.75) is 38.5 Å². The van der Waals surface area contributed by atoms with Gasteiger partial charge in [0.2, 0.25) is 0 Å². The van der Waals surface area contributed by atoms with Crippen molar-refractivity contribution >= 4 is 8.07 Å². The van der Waals surface area contributed by atoms with Gasteiger partial charge in [0.1, 0.15) is 0 Å². The lowest BCUT2D eigenvalue weighted by atomic mass is 10.6. The second-order valence-electron chi connectivity index (χ2n) is 3.41. The highest BCUT2D eigenvalue weighted by molar-refractivity contribution is 6.77. The summed E-state index contributed by atoms with van der Waals surface area (Å²) in [5, 5.41) is 0. The second kappa shape index (κ2) is 3.88. The Bertz CT molecular complexity index is 84.6. The van der Waals surface area contributed by atoms with Gasteiger partial charge in [-0.05, 0) is 6.04 Å². The van der Waals surface area contributed by atoms with E-state index in [2.05, 4.69) is 32.7 Å². The minimum Gasteiger partial charge on any atom is -0.103 e. The van der Waals surface area contributed by atoms with Crippen LogP contribution in [0.15, 0.2) is 12.7 Å². The molecule has 0 heterocycles. The van der Waals surface area contributed by atoms with Crippen LogP contribution in [-0.2, 0) is 0 Å². The van der Waals surface area contributed by atoms with Gasteiger partial charge in [0, 0.05) is 0 Å². The molecule has 0 aliphatic carbocycles. The molecule has 0 spiro atoms. The second-order valence-corrected chi connectivity index (χ2v) is 8.64. The molecule has 0 aliphatic heterocycles. The molecular weight excluding hydrogens is 124 g/mol. The molecule has 0 aliphatic rings. The van der Waals surface area contributed by atoms with Crippen LogP contribution in [0.1, 0.15) is 13.3 Å². The summed E-state index contributed by atoms with van der Waals surface area (Å²) >= 11 is 0. The Morgan fingerprint density at radius 2 is 2.00 bits per heavy atom. The first kappa shape index (κ1) is 8.96. The van der Waals surface area contributed by atoms with Crippen LogP contribution in [0.25, 0.3) is 0 Å². The number of allylic oxidation sites excluding steroid dienone is 1. The molecule has 0 saturated carbocycles. The van der Waals surface area contributed by atoms with Crippen molar-refractivity contribution in [3.63, 3.8) is 0 Å². The maximum atomic E-state index is 3.76. The van der Waals surface area contributed by atoms with Crippen LogP contribution in [0, 0.1) is 0 Å². The predicted molar refractivity (Wildman–Crippen MR) is 47.6 cm³/mol. The molecule has 1 heteroatoms. The molecule has 0 aromatic carbocycles. The molecule has 0 nitrogen and oxygen atoms in total. The number of hydrogen-bond donors (Lipinski definition) is 0. The lowest BCUT2D eigenvalue weighted by Crippen LogP contribution is -2.22. The Labute approximate surface area is 60.0 Å². The van der Waals surface area contributed by atoms with Gasteiger partial charge >= 0.3 is 0 Å². The summed E-state index contributed by atoms with van der Waals surface area (Å²) in [5.41, 5.74) is 0. The molecule has 0 radical (unpaired) electrons. The molecule has 0 aromatic rings. The van der Waals surface area contributed by atoms with Gasteiger partial charge in [-0.15, -0.1) is 6.58 Å². The van der Waals surface area contributed by atoms with E-state index in [4.69, 9.17) is 0 Å². The highest BCUT2D eigenvalue weighted by Crippen LogP contribution is 2.16. The zero-order valence-electron chi connectivity index (χ0n) is 6.91. The van der Waals surface area contributed by atoms with Gasteiger partial charge in [0.15, 0.2) is 0 Å². The van der Waals surface area contributed by atoms with Crippen LogP contribution in [-0.4, -0.2) is 8.07 Å². The van der Waals surface area contributed by atoms with Gasteiger partial charge in [0.25, 0.3) is 0 Å². The lowest BCUT2D eigenvalue weighted by Gasteiger charge is -2.18. The van der Waals surface area contributed by atoms with E-state index < -0.39 is 8.07 Å². The number of hydrogen-bond acceptors (Lipinski definition) is 0. The van der Waals surface area contributed by atoms with Crippen LogP contribution in [0.2, 0.25) is 25.2 Å². The average Bonchev–Trinajstić information content (AvgIpc) is 1.64. The van der Waals surface area contributed by atoms with Gasteiger partial charge in [-0.2, -0.15) is 0 Å². The van der Waals surface area contributed by atoms with Crippen LogP contribution < -0.4 is 0 Å². The summed E-state index contributed by atoms with van der Waals surface area (Å²) in [5.74, 6) is 0. The summed E-state index contributed by atoms with van der Waals surface area (Å²) < 4.78 is 0. The fourth-order valence-corrected chi connectivity index (χ4v) is 3.51. The molecule has 0 rings (SSSR count). The van der Waals surface area contributed by atoms with Gasteiger partial charge in [-0.25, -0.2) is 0 Å². The van der Waals surface area contributed by atoms with Crippen molar-refractivity contribution in [2.75, 3.05) is 0 Å². The average molecular weight is 142 g/mol. The van der Waals surface area contributed by atoms with Crippen molar-refractivity contribution in [3.05, 3.63) is 12.7 Å². The van der Waals surface area contributed by atoms with E-state index >= 15 is 0 Å². The molecular formula is C8H18Si. The Morgan fingerprint density at radius 1 is 1.44 bits per heavy atom. The van der Waals surface area contributed by atoms with Crippen molar-refractivity contribution in [3.8, 4) is 0 Å². The maximum absolute atomic E-state index is 3.76. The summed E-state index contributed by atoms with van der Waals surface area (Å²) in [7, 11) is -0.821. The SMILES string of the molecule is C=CC[Si](C)(C)CCC. The Hall–Kier alpha value is -0.0431. The Kier molecular flexibility index (Phi) is 3.87. The summed E-state index contributed by atoms with van der Waals surface area (Å²) in [4.78, 5) is 0. The first-order valence-corrected chi connectivity index (χ1v) is 7.14. The first-order chi connectivity index (χ1) is 4.12. The maximum Gasteiger partial charge on any atom is 0.0511 e. The van der Waals surface area contributed by atoms with Gasteiger partial charge in [0.05, 0.1) is 8.07 Å². The van der Waals surface area contributed by atoms with E-state index in [0.29, 0.717) is 0 Å². The lowest BCUT2D eigenvalue weighted by molar-refractivity contribution is 1.04. The highest BCUT2D eigenvalue weighted by Gasteiger charge is 2.15. The third-order valence-corrected chi connectivity index (χ3v) is 4.87. The van der Waals surface area contributed by atoms with E-state index in [-0.39, 0.29) is 0 Å². The molecule has 0 aromatic heterocycles. The minimum absolute atomic E-state index is 0.821. The fraction of sp³-hybridized carbons (Fsp3) is 0.750. The van der Waals surface area contributed by atoms with Crippen LogP contribution in [0.4, 0.5) is 0 Å².